The predicted octanol–water partition coefficient (Wildman–Crippen LogP) is 2.37. The van der Waals surface area contributed by atoms with Gasteiger partial charge in [-0.25, -0.2) is 0 Å². The Labute approximate surface area is 140 Å². The monoisotopic (exact) mass is 319 g/mol. The Kier molecular flexibility index (Phi) is 6.96. The molecule has 1 aliphatic rings. The SMILES string of the molecule is CNCCN1CCN(CC(=S)c2ccc(C(C)C)cc2)CC1. The van der Waals surface area contributed by atoms with Crippen molar-refractivity contribution < 1.29 is 0 Å². The molecule has 0 amide bonds. The molecule has 0 saturated carbocycles. The minimum Gasteiger partial charge on any atom is -0.318 e. The van der Waals surface area contributed by atoms with Crippen molar-refractivity contribution in [1.29, 1.82) is 0 Å². The maximum atomic E-state index is 5.64. The van der Waals surface area contributed by atoms with Crippen LogP contribution in [0.25, 0.3) is 0 Å². The maximum absolute atomic E-state index is 5.64. The van der Waals surface area contributed by atoms with Crippen molar-refractivity contribution in [3.8, 4) is 0 Å². The van der Waals surface area contributed by atoms with Crippen LogP contribution in [-0.2, 0) is 0 Å². The van der Waals surface area contributed by atoms with Crippen LogP contribution >= 0.6 is 12.2 Å². The number of hydrogen-bond acceptors (Lipinski definition) is 4. The van der Waals surface area contributed by atoms with E-state index >= 15 is 0 Å². The van der Waals surface area contributed by atoms with Crippen molar-refractivity contribution in [3.63, 3.8) is 0 Å². The van der Waals surface area contributed by atoms with Gasteiger partial charge in [0.15, 0.2) is 0 Å². The summed E-state index contributed by atoms with van der Waals surface area (Å²) in [6.07, 6.45) is 0. The Bertz CT molecular complexity index is 462. The van der Waals surface area contributed by atoms with E-state index in [2.05, 4.69) is 53.2 Å². The lowest BCUT2D eigenvalue weighted by Gasteiger charge is -2.34. The predicted molar refractivity (Wildman–Crippen MR) is 99.0 cm³/mol. The molecule has 1 saturated heterocycles. The molecule has 3 nitrogen and oxygen atoms in total. The lowest BCUT2D eigenvalue weighted by Crippen LogP contribution is -2.49. The van der Waals surface area contributed by atoms with Gasteiger partial charge in [-0.15, -0.1) is 0 Å². The van der Waals surface area contributed by atoms with E-state index in [-0.39, 0.29) is 0 Å². The van der Waals surface area contributed by atoms with Gasteiger partial charge in [0.1, 0.15) is 0 Å². The first-order valence-electron chi connectivity index (χ1n) is 8.32. The molecular formula is C18H29N3S. The zero-order chi connectivity index (χ0) is 15.9. The van der Waals surface area contributed by atoms with Gasteiger partial charge in [0.2, 0.25) is 0 Å². The molecule has 4 heteroatoms. The summed E-state index contributed by atoms with van der Waals surface area (Å²) < 4.78 is 0. The fourth-order valence-electron chi connectivity index (χ4n) is 2.79. The van der Waals surface area contributed by atoms with Crippen molar-refractivity contribution in [3.05, 3.63) is 35.4 Å². The van der Waals surface area contributed by atoms with Gasteiger partial charge in [-0.2, -0.15) is 0 Å². The number of benzene rings is 1. The Morgan fingerprint density at radius 1 is 1.09 bits per heavy atom. The summed E-state index contributed by atoms with van der Waals surface area (Å²) in [4.78, 5) is 6.07. The van der Waals surface area contributed by atoms with Gasteiger partial charge in [-0.05, 0) is 24.1 Å². The smallest absolute Gasteiger partial charge is 0.0365 e. The number of piperazine rings is 1. The Balaban J connectivity index is 1.80. The fourth-order valence-corrected chi connectivity index (χ4v) is 3.11. The summed E-state index contributed by atoms with van der Waals surface area (Å²) in [5.41, 5.74) is 2.58. The molecule has 1 aliphatic heterocycles. The molecule has 1 aromatic rings. The first-order chi connectivity index (χ1) is 10.6. The fraction of sp³-hybridized carbons (Fsp3) is 0.611. The van der Waals surface area contributed by atoms with Crippen LogP contribution < -0.4 is 5.32 Å². The van der Waals surface area contributed by atoms with Gasteiger partial charge in [0, 0.05) is 50.7 Å². The molecule has 0 unspecified atom stereocenters. The summed E-state index contributed by atoms with van der Waals surface area (Å²) in [6.45, 7) is 12.1. The minimum absolute atomic E-state index is 0.577. The van der Waals surface area contributed by atoms with Gasteiger partial charge < -0.3 is 5.32 Å². The first-order valence-corrected chi connectivity index (χ1v) is 8.73. The molecule has 0 atom stereocenters. The van der Waals surface area contributed by atoms with Gasteiger partial charge >= 0.3 is 0 Å². The number of nitrogens with one attached hydrogen (secondary N) is 1. The highest BCUT2D eigenvalue weighted by molar-refractivity contribution is 7.80. The molecule has 1 fully saturated rings. The minimum atomic E-state index is 0.577. The van der Waals surface area contributed by atoms with Crippen molar-refractivity contribution >= 4 is 17.1 Å². The molecule has 22 heavy (non-hydrogen) atoms. The zero-order valence-electron chi connectivity index (χ0n) is 14.1. The van der Waals surface area contributed by atoms with Crippen LogP contribution in [0.2, 0.25) is 0 Å². The second-order valence-electron chi connectivity index (χ2n) is 6.42. The summed E-state index contributed by atoms with van der Waals surface area (Å²) >= 11 is 5.64. The highest BCUT2D eigenvalue weighted by Crippen LogP contribution is 2.15. The van der Waals surface area contributed by atoms with Crippen LogP contribution in [0.3, 0.4) is 0 Å². The normalized spacial score (nSPS) is 17.1. The largest absolute Gasteiger partial charge is 0.318 e. The van der Waals surface area contributed by atoms with Gasteiger partial charge in [-0.1, -0.05) is 50.3 Å². The molecule has 0 spiro atoms. The van der Waals surface area contributed by atoms with Gasteiger partial charge in [-0.3, -0.25) is 9.80 Å². The second kappa shape index (κ2) is 8.73. The van der Waals surface area contributed by atoms with Crippen LogP contribution in [0, 0.1) is 0 Å². The van der Waals surface area contributed by atoms with Crippen LogP contribution in [0.5, 0.6) is 0 Å². The maximum Gasteiger partial charge on any atom is 0.0365 e. The Morgan fingerprint density at radius 3 is 2.23 bits per heavy atom. The van der Waals surface area contributed by atoms with Crippen LogP contribution in [0.4, 0.5) is 0 Å². The van der Waals surface area contributed by atoms with Crippen LogP contribution in [-0.4, -0.2) is 67.5 Å². The van der Waals surface area contributed by atoms with Crippen LogP contribution in [0.15, 0.2) is 24.3 Å². The number of thiocarbonyl (C=S) groups is 1. The third-order valence-electron chi connectivity index (χ3n) is 4.41. The van der Waals surface area contributed by atoms with E-state index in [0.717, 1.165) is 50.7 Å². The van der Waals surface area contributed by atoms with E-state index in [1.54, 1.807) is 0 Å². The molecule has 0 bridgehead atoms. The summed E-state index contributed by atoms with van der Waals surface area (Å²) in [7, 11) is 2.01. The zero-order valence-corrected chi connectivity index (χ0v) is 15.0. The highest BCUT2D eigenvalue weighted by Gasteiger charge is 2.17. The standard InChI is InChI=1S/C18H29N3S/c1-15(2)16-4-6-17(7-5-16)18(22)14-21-12-10-20(11-13-21)9-8-19-3/h4-7,15,19H,8-14H2,1-3H3. The van der Waals surface area contributed by atoms with Crippen molar-refractivity contribution in [2.24, 2.45) is 0 Å². The number of hydrogen-bond donors (Lipinski definition) is 1. The van der Waals surface area contributed by atoms with E-state index in [4.69, 9.17) is 12.2 Å². The van der Waals surface area contributed by atoms with E-state index < -0.39 is 0 Å². The highest BCUT2D eigenvalue weighted by atomic mass is 32.1. The summed E-state index contributed by atoms with van der Waals surface area (Å²) in [6, 6.07) is 8.78. The van der Waals surface area contributed by atoms with Gasteiger partial charge in [0.05, 0.1) is 0 Å². The van der Waals surface area contributed by atoms with Crippen LogP contribution in [0.1, 0.15) is 30.9 Å². The molecule has 0 radical (unpaired) electrons. The Hall–Kier alpha value is -0.810. The third kappa shape index (κ3) is 5.13. The quantitative estimate of drug-likeness (QED) is 0.614. The van der Waals surface area contributed by atoms with Crippen molar-refractivity contribution in [1.82, 2.24) is 15.1 Å². The molecule has 1 heterocycles. The van der Waals surface area contributed by atoms with E-state index in [1.807, 2.05) is 7.05 Å². The molecule has 1 N–H and O–H groups in total. The molecular weight excluding hydrogens is 290 g/mol. The van der Waals surface area contributed by atoms with Crippen molar-refractivity contribution in [2.45, 2.75) is 19.8 Å². The first kappa shape index (κ1) is 17.5. The number of rotatable bonds is 7. The molecule has 0 aliphatic carbocycles. The summed E-state index contributed by atoms with van der Waals surface area (Å²) in [5, 5.41) is 3.22. The molecule has 1 aromatic carbocycles. The average molecular weight is 320 g/mol. The third-order valence-corrected chi connectivity index (χ3v) is 4.77. The van der Waals surface area contributed by atoms with E-state index in [1.165, 1.54) is 11.1 Å². The number of likely N-dealkylation sites (N-methyl/N-ethyl adjacent to an activating group) is 1. The topological polar surface area (TPSA) is 18.5 Å². The van der Waals surface area contributed by atoms with E-state index in [0.29, 0.717) is 5.92 Å². The Morgan fingerprint density at radius 2 is 1.68 bits per heavy atom. The second-order valence-corrected chi connectivity index (χ2v) is 6.91. The lowest BCUT2D eigenvalue weighted by molar-refractivity contribution is 0.147. The van der Waals surface area contributed by atoms with Crippen molar-refractivity contribution in [2.75, 3.05) is 52.9 Å². The molecule has 122 valence electrons. The summed E-state index contributed by atoms with van der Waals surface area (Å²) in [5.74, 6) is 0.577. The average Bonchev–Trinajstić information content (AvgIpc) is 2.54. The van der Waals surface area contributed by atoms with E-state index in [9.17, 15) is 0 Å². The number of nitrogens with zero attached hydrogens (tertiary/aromatic N) is 2. The molecule has 0 aromatic heterocycles. The van der Waals surface area contributed by atoms with Gasteiger partial charge in [0.25, 0.3) is 0 Å². The molecule has 2 rings (SSSR count). The lowest BCUT2D eigenvalue weighted by atomic mass is 10.0.